The molecular formula is C31H28N2O6. The summed E-state index contributed by atoms with van der Waals surface area (Å²) in [6, 6.07) is 20.8. The molecule has 0 fully saturated rings. The van der Waals surface area contributed by atoms with Gasteiger partial charge in [-0.2, -0.15) is 0 Å². The minimum absolute atomic E-state index is 0.0596. The summed E-state index contributed by atoms with van der Waals surface area (Å²) >= 11 is 0. The van der Waals surface area contributed by atoms with E-state index in [1.807, 2.05) is 67.7 Å². The molecule has 0 bridgehead atoms. The lowest BCUT2D eigenvalue weighted by atomic mass is 10.0. The van der Waals surface area contributed by atoms with Crippen LogP contribution >= 0.6 is 0 Å². The average Bonchev–Trinajstić information content (AvgIpc) is 3.36. The van der Waals surface area contributed by atoms with Gasteiger partial charge in [-0.1, -0.05) is 55.5 Å². The molecule has 5 aromatic rings. The van der Waals surface area contributed by atoms with Crippen LogP contribution in [0.4, 0.5) is 4.79 Å². The lowest BCUT2D eigenvalue weighted by Crippen LogP contribution is -2.44. The predicted octanol–water partition coefficient (Wildman–Crippen LogP) is 5.59. The van der Waals surface area contributed by atoms with E-state index in [2.05, 4.69) is 10.3 Å². The summed E-state index contributed by atoms with van der Waals surface area (Å²) in [5.41, 5.74) is 3.85. The van der Waals surface area contributed by atoms with Crippen LogP contribution in [0.2, 0.25) is 0 Å². The van der Waals surface area contributed by atoms with Crippen LogP contribution in [0.1, 0.15) is 29.2 Å². The second-order valence-corrected chi connectivity index (χ2v) is 9.25. The monoisotopic (exact) mass is 524 g/mol. The summed E-state index contributed by atoms with van der Waals surface area (Å²) in [7, 11) is 0. The maximum atomic E-state index is 13.5. The molecule has 2 aromatic heterocycles. The van der Waals surface area contributed by atoms with Gasteiger partial charge in [0, 0.05) is 40.5 Å². The lowest BCUT2D eigenvalue weighted by molar-refractivity contribution is -0.136. The van der Waals surface area contributed by atoms with Gasteiger partial charge in [0.15, 0.2) is 0 Å². The fraction of sp³-hybridized carbons (Fsp3) is 0.194. The molecule has 3 aromatic carbocycles. The van der Waals surface area contributed by atoms with Gasteiger partial charge in [-0.15, -0.1) is 0 Å². The zero-order chi connectivity index (χ0) is 27.4. The number of esters is 1. The van der Waals surface area contributed by atoms with Crippen LogP contribution in [-0.4, -0.2) is 23.1 Å². The molecule has 0 saturated carbocycles. The Labute approximate surface area is 224 Å². The number of ether oxygens (including phenoxy) is 2. The van der Waals surface area contributed by atoms with Crippen molar-refractivity contribution in [2.75, 3.05) is 0 Å². The molecule has 0 aliphatic heterocycles. The van der Waals surface area contributed by atoms with Crippen LogP contribution in [-0.2, 0) is 29.0 Å². The van der Waals surface area contributed by atoms with Gasteiger partial charge in [-0.05, 0) is 48.2 Å². The fourth-order valence-electron chi connectivity index (χ4n) is 4.61. The first-order chi connectivity index (χ1) is 18.9. The fourth-order valence-corrected chi connectivity index (χ4v) is 4.61. The normalized spacial score (nSPS) is 11.8. The number of aromatic amines is 1. The van der Waals surface area contributed by atoms with Crippen molar-refractivity contribution in [3.05, 3.63) is 112 Å². The van der Waals surface area contributed by atoms with Gasteiger partial charge in [0.1, 0.15) is 24.0 Å². The molecule has 2 heterocycles. The summed E-state index contributed by atoms with van der Waals surface area (Å²) in [4.78, 5) is 41.5. The number of fused-ring (bicyclic) bond motifs is 2. The first kappa shape index (κ1) is 25.8. The number of rotatable bonds is 8. The maximum Gasteiger partial charge on any atom is 0.408 e. The largest absolute Gasteiger partial charge is 0.445 e. The van der Waals surface area contributed by atoms with Crippen molar-refractivity contribution < 1.29 is 23.5 Å². The lowest BCUT2D eigenvalue weighted by Gasteiger charge is -2.18. The van der Waals surface area contributed by atoms with E-state index >= 15 is 0 Å². The number of carbonyl (C=O) groups is 2. The van der Waals surface area contributed by atoms with Crippen LogP contribution in [0.5, 0.6) is 5.75 Å². The number of carbonyl (C=O) groups excluding carboxylic acids is 2. The summed E-state index contributed by atoms with van der Waals surface area (Å²) in [5.74, 6) is -0.430. The highest BCUT2D eigenvalue weighted by Crippen LogP contribution is 2.29. The van der Waals surface area contributed by atoms with Gasteiger partial charge in [-0.25, -0.2) is 14.4 Å². The average molecular weight is 525 g/mol. The minimum Gasteiger partial charge on any atom is -0.445 e. The topological polar surface area (TPSA) is 111 Å². The van der Waals surface area contributed by atoms with Gasteiger partial charge in [0.25, 0.3) is 0 Å². The van der Waals surface area contributed by atoms with Crippen molar-refractivity contribution in [1.82, 2.24) is 10.3 Å². The highest BCUT2D eigenvalue weighted by atomic mass is 16.6. The molecular weight excluding hydrogens is 496 g/mol. The second-order valence-electron chi connectivity index (χ2n) is 9.25. The first-order valence-corrected chi connectivity index (χ1v) is 12.7. The number of alkyl carbamates (subject to hydrolysis) is 1. The van der Waals surface area contributed by atoms with E-state index in [-0.39, 0.29) is 18.8 Å². The van der Waals surface area contributed by atoms with E-state index in [0.717, 1.165) is 33.0 Å². The molecule has 5 rings (SSSR count). The number of aryl methyl sites for hydroxylation is 2. The predicted molar refractivity (Wildman–Crippen MR) is 148 cm³/mol. The van der Waals surface area contributed by atoms with E-state index < -0.39 is 23.7 Å². The van der Waals surface area contributed by atoms with Gasteiger partial charge in [0.05, 0.1) is 0 Å². The Morgan fingerprint density at radius 2 is 1.74 bits per heavy atom. The Balaban J connectivity index is 1.40. The van der Waals surface area contributed by atoms with E-state index in [9.17, 15) is 14.4 Å². The van der Waals surface area contributed by atoms with Gasteiger partial charge < -0.3 is 24.2 Å². The third kappa shape index (κ3) is 5.70. The Hall–Kier alpha value is -4.85. The smallest absolute Gasteiger partial charge is 0.408 e. The van der Waals surface area contributed by atoms with Crippen LogP contribution in [0, 0.1) is 6.92 Å². The molecule has 39 heavy (non-hydrogen) atoms. The molecule has 8 nitrogen and oxygen atoms in total. The Morgan fingerprint density at radius 3 is 2.54 bits per heavy atom. The summed E-state index contributed by atoms with van der Waals surface area (Å²) in [5, 5.41) is 4.39. The third-order valence-corrected chi connectivity index (χ3v) is 6.68. The highest BCUT2D eigenvalue weighted by molar-refractivity contribution is 5.89. The maximum absolute atomic E-state index is 13.5. The highest BCUT2D eigenvalue weighted by Gasteiger charge is 2.26. The number of aromatic nitrogens is 1. The van der Waals surface area contributed by atoms with Crippen molar-refractivity contribution in [1.29, 1.82) is 0 Å². The molecule has 1 amide bonds. The Bertz CT molecular complexity index is 1700. The number of amides is 1. The second kappa shape index (κ2) is 11.3. The molecule has 0 spiro atoms. The zero-order valence-electron chi connectivity index (χ0n) is 21.7. The Kier molecular flexibility index (Phi) is 7.45. The van der Waals surface area contributed by atoms with Crippen molar-refractivity contribution in [2.24, 2.45) is 0 Å². The van der Waals surface area contributed by atoms with Crippen LogP contribution < -0.4 is 15.7 Å². The first-order valence-electron chi connectivity index (χ1n) is 12.7. The summed E-state index contributed by atoms with van der Waals surface area (Å²) in [6.45, 7) is 3.74. The van der Waals surface area contributed by atoms with Crippen LogP contribution in [0.3, 0.4) is 0 Å². The van der Waals surface area contributed by atoms with Gasteiger partial charge in [0.2, 0.25) is 0 Å². The summed E-state index contributed by atoms with van der Waals surface area (Å²) < 4.78 is 16.6. The molecule has 8 heteroatoms. The van der Waals surface area contributed by atoms with Gasteiger partial charge in [-0.3, -0.25) is 0 Å². The Morgan fingerprint density at radius 1 is 0.974 bits per heavy atom. The van der Waals surface area contributed by atoms with E-state index in [1.165, 1.54) is 6.07 Å². The minimum atomic E-state index is -1.04. The standard InChI is InChI=1S/C31H28N2O6/c1-3-21-16-28(34)39-29-19(2)27(14-13-24(21)29)38-30(35)26(15-22-17-32-25-12-8-7-11-23(22)25)33-31(36)37-18-20-9-5-4-6-10-20/h4-14,16-17,26,32H,3,15,18H2,1-2H3,(H,33,36). The zero-order valence-corrected chi connectivity index (χ0v) is 21.7. The summed E-state index contributed by atoms with van der Waals surface area (Å²) in [6.07, 6.45) is 1.90. The molecule has 2 N–H and O–H groups in total. The van der Waals surface area contributed by atoms with E-state index in [4.69, 9.17) is 13.9 Å². The van der Waals surface area contributed by atoms with Crippen LogP contribution in [0.25, 0.3) is 21.9 Å². The molecule has 198 valence electrons. The number of para-hydroxylation sites is 1. The number of H-pyrrole nitrogens is 1. The van der Waals surface area contributed by atoms with Crippen molar-refractivity contribution >= 4 is 33.9 Å². The van der Waals surface area contributed by atoms with E-state index in [0.29, 0.717) is 17.6 Å². The van der Waals surface area contributed by atoms with Crippen LogP contribution in [0.15, 0.2) is 88.2 Å². The molecule has 0 aliphatic carbocycles. The third-order valence-electron chi connectivity index (χ3n) is 6.68. The van der Waals surface area contributed by atoms with Crippen molar-refractivity contribution in [3.8, 4) is 5.75 Å². The number of benzene rings is 3. The molecule has 0 aliphatic rings. The number of nitrogens with one attached hydrogen (secondary N) is 2. The quantitative estimate of drug-likeness (QED) is 0.156. The molecule has 0 saturated heterocycles. The van der Waals surface area contributed by atoms with Crippen molar-refractivity contribution in [2.45, 2.75) is 39.3 Å². The molecule has 0 radical (unpaired) electrons. The molecule has 1 unspecified atom stereocenters. The number of hydrogen-bond donors (Lipinski definition) is 2. The van der Waals surface area contributed by atoms with E-state index in [1.54, 1.807) is 19.1 Å². The number of hydrogen-bond acceptors (Lipinski definition) is 6. The van der Waals surface area contributed by atoms with Crippen molar-refractivity contribution in [3.63, 3.8) is 0 Å². The van der Waals surface area contributed by atoms with Gasteiger partial charge >= 0.3 is 17.7 Å². The molecule has 1 atom stereocenters. The SMILES string of the molecule is CCc1cc(=O)oc2c(C)c(OC(=O)C(Cc3c[nH]c4ccccc34)NC(=O)OCc3ccccc3)ccc12.